The number of esters is 1. The fraction of sp³-hybridized carbons (Fsp3) is 0.400. The number of ether oxygens (including phenoxy) is 3. The molecule has 1 aromatic rings. The molecular weight excluding hydrogens is 340 g/mol. The fourth-order valence-electron chi connectivity index (χ4n) is 1.70. The molecule has 0 fully saturated rings. The van der Waals surface area contributed by atoms with E-state index in [4.69, 9.17) is 25.8 Å². The first kappa shape index (κ1) is 19.6. The van der Waals surface area contributed by atoms with Crippen LogP contribution >= 0.6 is 11.6 Å². The molecule has 1 rings (SSSR count). The second kappa shape index (κ2) is 9.61. The van der Waals surface area contributed by atoms with E-state index in [0.29, 0.717) is 6.54 Å². The predicted molar refractivity (Wildman–Crippen MR) is 86.7 cm³/mol. The van der Waals surface area contributed by atoms with Crippen molar-refractivity contribution in [2.24, 2.45) is 0 Å². The Bertz CT molecular complexity index is 620. The van der Waals surface area contributed by atoms with Crippen LogP contribution < -0.4 is 20.1 Å². The maximum absolute atomic E-state index is 12.0. The number of carbonyl (C=O) groups is 3. The van der Waals surface area contributed by atoms with E-state index in [1.165, 1.54) is 26.4 Å². The Labute approximate surface area is 144 Å². The predicted octanol–water partition coefficient (Wildman–Crippen LogP) is 1.75. The monoisotopic (exact) mass is 358 g/mol. The van der Waals surface area contributed by atoms with Gasteiger partial charge in [-0.15, -0.1) is 0 Å². The molecule has 0 atom stereocenters. The van der Waals surface area contributed by atoms with Crippen molar-refractivity contribution in [1.82, 2.24) is 10.6 Å². The Hall–Kier alpha value is -2.48. The molecular formula is C15H19ClN2O6. The van der Waals surface area contributed by atoms with Crippen LogP contribution in [0, 0.1) is 0 Å². The van der Waals surface area contributed by atoms with Gasteiger partial charge >= 0.3 is 12.0 Å². The zero-order chi connectivity index (χ0) is 18.1. The minimum Gasteiger partial charge on any atom is -0.493 e. The number of halogens is 1. The van der Waals surface area contributed by atoms with Gasteiger partial charge in [-0.1, -0.05) is 18.5 Å². The van der Waals surface area contributed by atoms with Crippen LogP contribution in [-0.2, 0) is 9.53 Å². The van der Waals surface area contributed by atoms with Gasteiger partial charge in [0.2, 0.25) is 0 Å². The summed E-state index contributed by atoms with van der Waals surface area (Å²) in [6.07, 6.45) is 0.733. The fourth-order valence-corrected chi connectivity index (χ4v) is 1.98. The van der Waals surface area contributed by atoms with Crippen molar-refractivity contribution in [2.75, 3.05) is 27.4 Å². The van der Waals surface area contributed by atoms with E-state index in [2.05, 4.69) is 5.32 Å². The molecule has 3 amide bonds. The van der Waals surface area contributed by atoms with E-state index in [0.717, 1.165) is 6.42 Å². The summed E-state index contributed by atoms with van der Waals surface area (Å²) in [7, 11) is 2.81. The van der Waals surface area contributed by atoms with Gasteiger partial charge in [-0.2, -0.15) is 0 Å². The summed E-state index contributed by atoms with van der Waals surface area (Å²) in [6, 6.07) is 2.06. The molecule has 0 aromatic heterocycles. The lowest BCUT2D eigenvalue weighted by Crippen LogP contribution is -2.41. The standard InChI is InChI=1S/C15H19ClN2O6/c1-4-5-17-15(21)18-12(19)8-24-14(20)9-6-10(16)13(23-3)11(7-9)22-2/h6-7H,4-5,8H2,1-3H3,(H2,17,18,19,21). The lowest BCUT2D eigenvalue weighted by atomic mass is 10.2. The SMILES string of the molecule is CCCNC(=O)NC(=O)COC(=O)c1cc(Cl)c(OC)c(OC)c1. The number of urea groups is 1. The summed E-state index contributed by atoms with van der Waals surface area (Å²) in [6.45, 7) is 1.70. The third-order valence-corrected chi connectivity index (χ3v) is 3.07. The van der Waals surface area contributed by atoms with Crippen LogP contribution in [0.15, 0.2) is 12.1 Å². The molecule has 0 aliphatic rings. The minimum atomic E-state index is -0.790. The van der Waals surface area contributed by atoms with Crippen molar-refractivity contribution in [2.45, 2.75) is 13.3 Å². The zero-order valence-corrected chi connectivity index (χ0v) is 14.4. The smallest absolute Gasteiger partial charge is 0.338 e. The summed E-state index contributed by atoms with van der Waals surface area (Å²) in [4.78, 5) is 34.8. The largest absolute Gasteiger partial charge is 0.493 e. The molecule has 0 saturated carbocycles. The number of amides is 3. The van der Waals surface area contributed by atoms with E-state index in [1.807, 2.05) is 12.2 Å². The van der Waals surface area contributed by atoms with Crippen LogP contribution in [0.25, 0.3) is 0 Å². The number of rotatable bonds is 7. The highest BCUT2D eigenvalue weighted by atomic mass is 35.5. The third kappa shape index (κ3) is 5.62. The van der Waals surface area contributed by atoms with Crippen LogP contribution in [0.4, 0.5) is 4.79 Å². The van der Waals surface area contributed by atoms with Crippen LogP contribution in [0.1, 0.15) is 23.7 Å². The van der Waals surface area contributed by atoms with Crippen molar-refractivity contribution >= 4 is 29.5 Å². The average Bonchev–Trinajstić information content (AvgIpc) is 2.56. The van der Waals surface area contributed by atoms with Gasteiger partial charge in [-0.3, -0.25) is 10.1 Å². The molecule has 0 radical (unpaired) electrons. The van der Waals surface area contributed by atoms with E-state index in [-0.39, 0.29) is 22.1 Å². The lowest BCUT2D eigenvalue weighted by molar-refractivity contribution is -0.123. The number of hydrogen-bond donors (Lipinski definition) is 2. The number of carbonyl (C=O) groups excluding carboxylic acids is 3. The molecule has 0 aliphatic heterocycles. The van der Waals surface area contributed by atoms with Crippen molar-refractivity contribution in [3.63, 3.8) is 0 Å². The number of hydrogen-bond acceptors (Lipinski definition) is 6. The molecule has 0 unspecified atom stereocenters. The highest BCUT2D eigenvalue weighted by Gasteiger charge is 2.17. The number of benzene rings is 1. The summed E-state index contributed by atoms with van der Waals surface area (Å²) < 4.78 is 15.0. The molecule has 1 aromatic carbocycles. The second-order valence-electron chi connectivity index (χ2n) is 4.57. The van der Waals surface area contributed by atoms with Gasteiger partial charge in [0.25, 0.3) is 5.91 Å². The van der Waals surface area contributed by atoms with Crippen molar-refractivity contribution < 1.29 is 28.6 Å². The molecule has 24 heavy (non-hydrogen) atoms. The molecule has 9 heteroatoms. The van der Waals surface area contributed by atoms with Crippen molar-refractivity contribution in [1.29, 1.82) is 0 Å². The maximum Gasteiger partial charge on any atom is 0.338 e. The molecule has 0 aliphatic carbocycles. The van der Waals surface area contributed by atoms with Gasteiger partial charge in [-0.25, -0.2) is 9.59 Å². The first-order valence-electron chi connectivity index (χ1n) is 7.09. The van der Waals surface area contributed by atoms with Crippen LogP contribution in [0.2, 0.25) is 5.02 Å². The Kier molecular flexibility index (Phi) is 7.84. The summed E-state index contributed by atoms with van der Waals surface area (Å²) in [5.41, 5.74) is 0.0842. The molecule has 2 N–H and O–H groups in total. The van der Waals surface area contributed by atoms with Crippen LogP contribution in [-0.4, -0.2) is 45.3 Å². The average molecular weight is 359 g/mol. The van der Waals surface area contributed by atoms with Gasteiger partial charge in [0, 0.05) is 6.54 Å². The molecule has 0 bridgehead atoms. The summed E-state index contributed by atoms with van der Waals surface area (Å²) >= 11 is 5.99. The Morgan fingerprint density at radius 3 is 2.46 bits per heavy atom. The van der Waals surface area contributed by atoms with Gasteiger partial charge in [0.05, 0.1) is 24.8 Å². The first-order valence-corrected chi connectivity index (χ1v) is 7.47. The Morgan fingerprint density at radius 1 is 1.17 bits per heavy atom. The Morgan fingerprint density at radius 2 is 1.88 bits per heavy atom. The Balaban J connectivity index is 2.64. The van der Waals surface area contributed by atoms with Crippen LogP contribution in [0.5, 0.6) is 11.5 Å². The number of methoxy groups -OCH3 is 2. The normalized spacial score (nSPS) is 9.83. The van der Waals surface area contributed by atoms with E-state index in [1.54, 1.807) is 0 Å². The minimum absolute atomic E-state index is 0.0842. The molecule has 8 nitrogen and oxygen atoms in total. The highest BCUT2D eigenvalue weighted by molar-refractivity contribution is 6.32. The lowest BCUT2D eigenvalue weighted by Gasteiger charge is -2.11. The zero-order valence-electron chi connectivity index (χ0n) is 13.6. The second-order valence-corrected chi connectivity index (χ2v) is 4.98. The summed E-state index contributed by atoms with van der Waals surface area (Å²) in [5.74, 6) is -1.01. The summed E-state index contributed by atoms with van der Waals surface area (Å²) in [5, 5.41) is 4.65. The van der Waals surface area contributed by atoms with E-state index in [9.17, 15) is 14.4 Å². The maximum atomic E-state index is 12.0. The molecule has 0 saturated heterocycles. The van der Waals surface area contributed by atoms with Crippen molar-refractivity contribution in [3.05, 3.63) is 22.7 Å². The molecule has 132 valence electrons. The quantitative estimate of drug-likeness (QED) is 0.720. The third-order valence-electron chi connectivity index (χ3n) is 2.79. The van der Waals surface area contributed by atoms with Gasteiger partial charge in [0.1, 0.15) is 0 Å². The van der Waals surface area contributed by atoms with Gasteiger partial charge in [-0.05, 0) is 18.6 Å². The number of imide groups is 1. The van der Waals surface area contributed by atoms with Crippen LogP contribution in [0.3, 0.4) is 0 Å². The van der Waals surface area contributed by atoms with Gasteiger partial charge < -0.3 is 19.5 Å². The highest BCUT2D eigenvalue weighted by Crippen LogP contribution is 2.36. The molecule has 0 heterocycles. The molecule has 0 spiro atoms. The van der Waals surface area contributed by atoms with Gasteiger partial charge in [0.15, 0.2) is 18.1 Å². The van der Waals surface area contributed by atoms with Crippen molar-refractivity contribution in [3.8, 4) is 11.5 Å². The van der Waals surface area contributed by atoms with E-state index >= 15 is 0 Å². The topological polar surface area (TPSA) is 103 Å². The van der Waals surface area contributed by atoms with E-state index < -0.39 is 24.5 Å². The first-order chi connectivity index (χ1) is 11.4. The number of nitrogens with one attached hydrogen (secondary N) is 2.